The van der Waals surface area contributed by atoms with Crippen LogP contribution in [0.5, 0.6) is 0 Å². The maximum atomic E-state index is 12.8. The highest BCUT2D eigenvalue weighted by atomic mass is 16.1. The van der Waals surface area contributed by atoms with Crippen molar-refractivity contribution >= 4 is 5.78 Å². The number of H-pyrrole nitrogens is 1. The van der Waals surface area contributed by atoms with Crippen LogP contribution in [-0.2, 0) is 0 Å². The summed E-state index contributed by atoms with van der Waals surface area (Å²) in [6.45, 7) is 0. The van der Waals surface area contributed by atoms with E-state index in [-0.39, 0.29) is 11.3 Å². The van der Waals surface area contributed by atoms with E-state index in [0.717, 1.165) is 5.56 Å². The smallest absolute Gasteiger partial charge is 0.267 e. The van der Waals surface area contributed by atoms with Gasteiger partial charge in [-0.15, -0.1) is 0 Å². The summed E-state index contributed by atoms with van der Waals surface area (Å²) in [5.74, 6) is -0.165. The number of pyridine rings is 1. The number of aromatic nitrogens is 1. The molecule has 2 aromatic carbocycles. The number of nitrogens with zero attached hydrogens (tertiary/aromatic N) is 1. The van der Waals surface area contributed by atoms with Gasteiger partial charge in [0.1, 0.15) is 11.6 Å². The second-order valence-electron chi connectivity index (χ2n) is 5.31. The summed E-state index contributed by atoms with van der Waals surface area (Å²) in [7, 11) is 0. The molecule has 1 aliphatic carbocycles. The third kappa shape index (κ3) is 1.77. The van der Waals surface area contributed by atoms with Crippen molar-refractivity contribution in [3.63, 3.8) is 0 Å². The number of carbonyl (C=O) groups excluding carboxylic acids is 1. The topological polar surface area (TPSA) is 73.7 Å². The predicted molar refractivity (Wildman–Crippen MR) is 86.1 cm³/mol. The molecular formula is C19H10N2O2. The van der Waals surface area contributed by atoms with Crippen LogP contribution in [0.3, 0.4) is 0 Å². The summed E-state index contributed by atoms with van der Waals surface area (Å²) in [5.41, 5.74) is 2.72. The van der Waals surface area contributed by atoms with Crippen molar-refractivity contribution in [2.75, 3.05) is 0 Å². The zero-order chi connectivity index (χ0) is 16.0. The Morgan fingerprint density at radius 3 is 2.17 bits per heavy atom. The Labute approximate surface area is 131 Å². The largest absolute Gasteiger partial charge is 0.320 e. The average Bonchev–Trinajstić information content (AvgIpc) is 2.89. The van der Waals surface area contributed by atoms with Gasteiger partial charge in [-0.25, -0.2) is 0 Å². The number of benzene rings is 2. The predicted octanol–water partition coefficient (Wildman–Crippen LogP) is 3.12. The minimum atomic E-state index is -0.477. The van der Waals surface area contributed by atoms with Gasteiger partial charge >= 0.3 is 0 Å². The molecule has 4 heteroatoms. The second-order valence-corrected chi connectivity index (χ2v) is 5.31. The number of ketones is 1. The van der Waals surface area contributed by atoms with E-state index in [1.165, 1.54) is 0 Å². The molecule has 0 amide bonds. The van der Waals surface area contributed by atoms with Crippen LogP contribution in [-0.4, -0.2) is 10.8 Å². The van der Waals surface area contributed by atoms with Gasteiger partial charge in [0.05, 0.1) is 11.3 Å². The second kappa shape index (κ2) is 4.79. The van der Waals surface area contributed by atoms with Crippen LogP contribution in [0.15, 0.2) is 59.4 Å². The van der Waals surface area contributed by atoms with Crippen LogP contribution in [0, 0.1) is 11.3 Å². The van der Waals surface area contributed by atoms with E-state index < -0.39 is 5.56 Å². The summed E-state index contributed by atoms with van der Waals surface area (Å²) in [5, 5.41) is 9.37. The first-order valence-corrected chi connectivity index (χ1v) is 7.12. The fourth-order valence-electron chi connectivity index (χ4n) is 3.06. The molecule has 0 saturated carbocycles. The number of aromatic amines is 1. The fraction of sp³-hybridized carbons (Fsp3) is 0. The number of fused-ring (bicyclic) bond motifs is 3. The van der Waals surface area contributed by atoms with E-state index in [0.29, 0.717) is 27.9 Å². The highest BCUT2D eigenvalue weighted by Crippen LogP contribution is 2.41. The van der Waals surface area contributed by atoms with Crippen LogP contribution in [0.2, 0.25) is 0 Å². The zero-order valence-corrected chi connectivity index (χ0v) is 12.0. The standard InChI is InChI=1S/C19H10N2O2/c20-10-14-15-12-8-4-5-9-13(12)18(22)16(15)17(21-19(14)23)11-6-2-1-3-7-11/h1-9H,(H,21,23). The number of nitriles is 1. The highest BCUT2D eigenvalue weighted by Gasteiger charge is 2.33. The van der Waals surface area contributed by atoms with Gasteiger partial charge in [0.15, 0.2) is 5.78 Å². The van der Waals surface area contributed by atoms with Gasteiger partial charge in [-0.3, -0.25) is 9.59 Å². The first-order chi connectivity index (χ1) is 11.2. The van der Waals surface area contributed by atoms with Crippen molar-refractivity contribution in [3.05, 3.63) is 81.6 Å². The number of nitrogens with one attached hydrogen (secondary N) is 1. The normalized spacial score (nSPS) is 11.7. The van der Waals surface area contributed by atoms with E-state index in [1.807, 2.05) is 36.4 Å². The summed E-state index contributed by atoms with van der Waals surface area (Å²) in [4.78, 5) is 27.9. The monoisotopic (exact) mass is 298 g/mol. The lowest BCUT2D eigenvalue weighted by Crippen LogP contribution is -2.15. The van der Waals surface area contributed by atoms with Gasteiger partial charge in [-0.2, -0.15) is 5.26 Å². The lowest BCUT2D eigenvalue weighted by atomic mass is 9.97. The molecule has 4 rings (SSSR count). The molecule has 0 bridgehead atoms. The average molecular weight is 298 g/mol. The first kappa shape index (κ1) is 13.2. The SMILES string of the molecule is N#Cc1c2c(c(-c3ccccc3)[nH]c1=O)C(=O)c1ccccc1-2. The van der Waals surface area contributed by atoms with Crippen molar-refractivity contribution in [3.8, 4) is 28.5 Å². The molecule has 3 aromatic rings. The lowest BCUT2D eigenvalue weighted by Gasteiger charge is -2.09. The maximum absolute atomic E-state index is 12.8. The molecule has 0 saturated heterocycles. The van der Waals surface area contributed by atoms with Crippen molar-refractivity contribution < 1.29 is 4.79 Å². The number of hydrogen-bond donors (Lipinski definition) is 1. The van der Waals surface area contributed by atoms with Crippen LogP contribution < -0.4 is 5.56 Å². The summed E-state index contributed by atoms with van der Waals surface area (Å²) < 4.78 is 0. The van der Waals surface area contributed by atoms with E-state index in [9.17, 15) is 14.9 Å². The fourth-order valence-corrected chi connectivity index (χ4v) is 3.06. The molecule has 4 nitrogen and oxygen atoms in total. The lowest BCUT2D eigenvalue weighted by molar-refractivity contribution is 0.104. The van der Waals surface area contributed by atoms with Gasteiger partial charge in [-0.05, 0) is 11.1 Å². The molecule has 1 heterocycles. The maximum Gasteiger partial charge on any atom is 0.267 e. The summed E-state index contributed by atoms with van der Waals surface area (Å²) in [6.07, 6.45) is 0. The van der Waals surface area contributed by atoms with Crippen LogP contribution in [0.4, 0.5) is 0 Å². The quantitative estimate of drug-likeness (QED) is 0.586. The van der Waals surface area contributed by atoms with Gasteiger partial charge in [0, 0.05) is 11.1 Å². The third-order valence-electron chi connectivity index (χ3n) is 4.06. The van der Waals surface area contributed by atoms with E-state index >= 15 is 0 Å². The van der Waals surface area contributed by atoms with Gasteiger partial charge in [0.2, 0.25) is 0 Å². The third-order valence-corrected chi connectivity index (χ3v) is 4.06. The van der Waals surface area contributed by atoms with Crippen LogP contribution in [0.1, 0.15) is 21.5 Å². The number of rotatable bonds is 1. The molecule has 0 unspecified atom stereocenters. The zero-order valence-electron chi connectivity index (χ0n) is 12.0. The molecule has 1 N–H and O–H groups in total. The molecule has 0 radical (unpaired) electrons. The van der Waals surface area contributed by atoms with E-state index in [1.54, 1.807) is 24.3 Å². The minimum Gasteiger partial charge on any atom is -0.320 e. The van der Waals surface area contributed by atoms with Crippen LogP contribution in [0.25, 0.3) is 22.4 Å². The number of hydrogen-bond acceptors (Lipinski definition) is 3. The molecule has 1 aliphatic rings. The van der Waals surface area contributed by atoms with Crippen molar-refractivity contribution in [1.82, 2.24) is 4.98 Å². The Morgan fingerprint density at radius 2 is 1.48 bits per heavy atom. The number of carbonyl (C=O) groups is 1. The van der Waals surface area contributed by atoms with Gasteiger partial charge in [0.25, 0.3) is 5.56 Å². The van der Waals surface area contributed by atoms with E-state index in [2.05, 4.69) is 4.98 Å². The Hall–Kier alpha value is -3.45. The molecule has 0 spiro atoms. The summed E-state index contributed by atoms with van der Waals surface area (Å²) in [6, 6.07) is 18.2. The Bertz CT molecular complexity index is 1060. The Morgan fingerprint density at radius 1 is 0.826 bits per heavy atom. The summed E-state index contributed by atoms with van der Waals surface area (Å²) >= 11 is 0. The van der Waals surface area contributed by atoms with Gasteiger partial charge < -0.3 is 4.98 Å². The molecular weight excluding hydrogens is 288 g/mol. The highest BCUT2D eigenvalue weighted by molar-refractivity contribution is 6.24. The molecule has 0 atom stereocenters. The van der Waals surface area contributed by atoms with E-state index in [4.69, 9.17) is 0 Å². The molecule has 0 aliphatic heterocycles. The molecule has 23 heavy (non-hydrogen) atoms. The van der Waals surface area contributed by atoms with Crippen LogP contribution >= 0.6 is 0 Å². The Balaban J connectivity index is 2.17. The molecule has 1 aromatic heterocycles. The Kier molecular flexibility index (Phi) is 2.75. The van der Waals surface area contributed by atoms with Crippen molar-refractivity contribution in [2.24, 2.45) is 0 Å². The van der Waals surface area contributed by atoms with Crippen molar-refractivity contribution in [2.45, 2.75) is 0 Å². The van der Waals surface area contributed by atoms with Gasteiger partial charge in [-0.1, -0.05) is 54.6 Å². The first-order valence-electron chi connectivity index (χ1n) is 7.12. The van der Waals surface area contributed by atoms with Crippen molar-refractivity contribution in [1.29, 1.82) is 5.26 Å². The minimum absolute atomic E-state index is 0.0158. The molecule has 0 fully saturated rings. The molecule has 108 valence electrons.